The Kier molecular flexibility index (Phi) is 5.16. The minimum absolute atomic E-state index is 0.269. The summed E-state index contributed by atoms with van der Waals surface area (Å²) in [4.78, 5) is 0.269. The van der Waals surface area contributed by atoms with Crippen LogP contribution in [-0.4, -0.2) is 19.8 Å². The fraction of sp³-hybridized carbons (Fsp3) is 0.500. The summed E-state index contributed by atoms with van der Waals surface area (Å²) in [6.07, 6.45) is 1.16. The molecule has 0 aromatic heterocycles. The van der Waals surface area contributed by atoms with Gasteiger partial charge in [0.15, 0.2) is 9.84 Å². The molecule has 0 spiro atoms. The van der Waals surface area contributed by atoms with Gasteiger partial charge in [0.2, 0.25) is 0 Å². The number of aliphatic hydroxyl groups is 1. The van der Waals surface area contributed by atoms with Crippen molar-refractivity contribution in [3.05, 3.63) is 29.8 Å². The number of benzene rings is 1. The predicted octanol–water partition coefficient (Wildman–Crippen LogP) is 2.34. The molecule has 0 atom stereocenters. The maximum absolute atomic E-state index is 11.1. The highest BCUT2D eigenvalue weighted by atomic mass is 32.2. The van der Waals surface area contributed by atoms with Gasteiger partial charge in [0.1, 0.15) is 0 Å². The normalized spacial score (nSPS) is 11.6. The van der Waals surface area contributed by atoms with Crippen molar-refractivity contribution in [1.82, 2.24) is 0 Å². The lowest BCUT2D eigenvalue weighted by Gasteiger charge is -2.17. The van der Waals surface area contributed by atoms with Gasteiger partial charge in [-0.05, 0) is 31.5 Å². The molecule has 16 heavy (non-hydrogen) atoms. The Balaban J connectivity index is 0.00000106. The summed E-state index contributed by atoms with van der Waals surface area (Å²) in [7, 11) is -3.15. The maximum Gasteiger partial charge on any atom is 0.175 e. The van der Waals surface area contributed by atoms with Gasteiger partial charge in [0.05, 0.1) is 10.5 Å². The number of hydrogen-bond acceptors (Lipinski definition) is 3. The molecule has 4 heteroatoms. The molecule has 0 heterocycles. The SMILES string of the molecule is CC.CC(C)(O)c1ccc(S(C)(=O)=O)cc1. The zero-order valence-electron chi connectivity index (χ0n) is 10.5. The van der Waals surface area contributed by atoms with E-state index < -0.39 is 15.4 Å². The van der Waals surface area contributed by atoms with Gasteiger partial charge in [0.25, 0.3) is 0 Å². The monoisotopic (exact) mass is 244 g/mol. The molecule has 0 unspecified atom stereocenters. The Hall–Kier alpha value is -0.870. The van der Waals surface area contributed by atoms with Gasteiger partial charge in [-0.15, -0.1) is 0 Å². The van der Waals surface area contributed by atoms with Crippen LogP contribution in [0.15, 0.2) is 29.2 Å². The minimum Gasteiger partial charge on any atom is -0.386 e. The second-order valence-corrected chi connectivity index (χ2v) is 5.87. The van der Waals surface area contributed by atoms with Crippen LogP contribution in [0, 0.1) is 0 Å². The van der Waals surface area contributed by atoms with E-state index >= 15 is 0 Å². The topological polar surface area (TPSA) is 54.4 Å². The molecule has 92 valence electrons. The van der Waals surface area contributed by atoms with Gasteiger partial charge < -0.3 is 5.11 Å². The lowest BCUT2D eigenvalue weighted by molar-refractivity contribution is 0.0785. The van der Waals surface area contributed by atoms with Crippen molar-refractivity contribution in [3.63, 3.8) is 0 Å². The summed E-state index contributed by atoms with van der Waals surface area (Å²) >= 11 is 0. The third kappa shape index (κ3) is 4.33. The second-order valence-electron chi connectivity index (χ2n) is 3.86. The molecule has 0 saturated heterocycles. The van der Waals surface area contributed by atoms with Crippen LogP contribution >= 0.6 is 0 Å². The standard InChI is InChI=1S/C10H14O3S.C2H6/c1-10(2,11)8-4-6-9(7-5-8)14(3,12)13;1-2/h4-7,11H,1-3H3;1-2H3. The molecule has 1 N–H and O–H groups in total. The highest BCUT2D eigenvalue weighted by Crippen LogP contribution is 2.20. The van der Waals surface area contributed by atoms with E-state index in [0.717, 1.165) is 6.26 Å². The first-order chi connectivity index (χ1) is 7.21. The van der Waals surface area contributed by atoms with Crippen molar-refractivity contribution < 1.29 is 13.5 Å². The molecule has 0 fully saturated rings. The summed E-state index contributed by atoms with van der Waals surface area (Å²) in [6, 6.07) is 6.25. The van der Waals surface area contributed by atoms with Gasteiger partial charge in [0, 0.05) is 6.26 Å². The number of rotatable bonds is 2. The van der Waals surface area contributed by atoms with Gasteiger partial charge in [-0.25, -0.2) is 8.42 Å². The summed E-state index contributed by atoms with van der Waals surface area (Å²) < 4.78 is 22.3. The quantitative estimate of drug-likeness (QED) is 0.868. The molecule has 0 radical (unpaired) electrons. The molecule has 0 aliphatic rings. The smallest absolute Gasteiger partial charge is 0.175 e. The Morgan fingerprint density at radius 1 is 1.06 bits per heavy atom. The van der Waals surface area contributed by atoms with Crippen molar-refractivity contribution in [2.75, 3.05) is 6.26 Å². The van der Waals surface area contributed by atoms with Crippen LogP contribution in [0.25, 0.3) is 0 Å². The van der Waals surface area contributed by atoms with Gasteiger partial charge in [-0.1, -0.05) is 26.0 Å². The predicted molar refractivity (Wildman–Crippen MR) is 66.1 cm³/mol. The first-order valence-electron chi connectivity index (χ1n) is 5.24. The van der Waals surface area contributed by atoms with Gasteiger partial charge in [-0.2, -0.15) is 0 Å². The van der Waals surface area contributed by atoms with Crippen LogP contribution in [-0.2, 0) is 15.4 Å². The van der Waals surface area contributed by atoms with Crippen LogP contribution in [0.1, 0.15) is 33.3 Å². The van der Waals surface area contributed by atoms with Gasteiger partial charge in [-0.3, -0.25) is 0 Å². The molecule has 0 saturated carbocycles. The Bertz CT molecular complexity index is 411. The first kappa shape index (κ1) is 15.1. The highest BCUT2D eigenvalue weighted by Gasteiger charge is 2.16. The molecule has 0 amide bonds. The molecule has 0 aliphatic heterocycles. The Morgan fingerprint density at radius 3 is 1.69 bits per heavy atom. The fourth-order valence-corrected chi connectivity index (χ4v) is 1.74. The number of hydrogen-bond donors (Lipinski definition) is 1. The van der Waals surface area contributed by atoms with E-state index in [0.29, 0.717) is 5.56 Å². The second kappa shape index (κ2) is 5.46. The van der Waals surface area contributed by atoms with Gasteiger partial charge >= 0.3 is 0 Å². The summed E-state index contributed by atoms with van der Waals surface area (Å²) in [5.41, 5.74) is -0.236. The molecule has 0 bridgehead atoms. The van der Waals surface area contributed by atoms with Crippen molar-refractivity contribution in [1.29, 1.82) is 0 Å². The minimum atomic E-state index is -3.15. The zero-order chi connectivity index (χ0) is 13.0. The fourth-order valence-electron chi connectivity index (χ4n) is 1.11. The van der Waals surface area contributed by atoms with Crippen molar-refractivity contribution in [3.8, 4) is 0 Å². The molecule has 1 rings (SSSR count). The van der Waals surface area contributed by atoms with Crippen LogP contribution in [0.3, 0.4) is 0 Å². The molecule has 1 aromatic rings. The highest BCUT2D eigenvalue weighted by molar-refractivity contribution is 7.90. The van der Waals surface area contributed by atoms with E-state index in [9.17, 15) is 13.5 Å². The molecule has 3 nitrogen and oxygen atoms in total. The summed E-state index contributed by atoms with van der Waals surface area (Å²) in [5.74, 6) is 0. The van der Waals surface area contributed by atoms with Crippen LogP contribution < -0.4 is 0 Å². The zero-order valence-corrected chi connectivity index (χ0v) is 11.3. The molecular weight excluding hydrogens is 224 g/mol. The lowest BCUT2D eigenvalue weighted by atomic mass is 9.99. The average Bonchev–Trinajstić information content (AvgIpc) is 2.18. The molecule has 0 aliphatic carbocycles. The van der Waals surface area contributed by atoms with E-state index in [-0.39, 0.29) is 4.90 Å². The van der Waals surface area contributed by atoms with Crippen molar-refractivity contribution >= 4 is 9.84 Å². The summed E-state index contributed by atoms with van der Waals surface area (Å²) in [5, 5.41) is 9.63. The van der Waals surface area contributed by atoms with E-state index in [1.165, 1.54) is 12.1 Å². The van der Waals surface area contributed by atoms with Crippen LogP contribution in [0.5, 0.6) is 0 Å². The van der Waals surface area contributed by atoms with E-state index in [4.69, 9.17) is 0 Å². The Labute approximate surface area is 98.0 Å². The van der Waals surface area contributed by atoms with Crippen LogP contribution in [0.2, 0.25) is 0 Å². The molecular formula is C12H20O3S. The third-order valence-corrected chi connectivity index (χ3v) is 3.12. The largest absolute Gasteiger partial charge is 0.386 e. The van der Waals surface area contributed by atoms with E-state index in [1.54, 1.807) is 26.0 Å². The van der Waals surface area contributed by atoms with Crippen LogP contribution in [0.4, 0.5) is 0 Å². The van der Waals surface area contributed by atoms with E-state index in [2.05, 4.69) is 0 Å². The first-order valence-corrected chi connectivity index (χ1v) is 7.13. The summed E-state index contributed by atoms with van der Waals surface area (Å²) in [6.45, 7) is 7.31. The van der Waals surface area contributed by atoms with Crippen molar-refractivity contribution in [2.45, 2.75) is 38.2 Å². The average molecular weight is 244 g/mol. The maximum atomic E-state index is 11.1. The Morgan fingerprint density at radius 2 is 1.44 bits per heavy atom. The third-order valence-electron chi connectivity index (χ3n) is 1.99. The lowest BCUT2D eigenvalue weighted by Crippen LogP contribution is -2.15. The van der Waals surface area contributed by atoms with E-state index in [1.807, 2.05) is 13.8 Å². The number of sulfone groups is 1. The van der Waals surface area contributed by atoms with Crippen molar-refractivity contribution in [2.24, 2.45) is 0 Å². The molecule has 1 aromatic carbocycles.